The number of carbonyl (C=O) groups excluding carboxylic acids is 1. The van der Waals surface area contributed by atoms with Crippen molar-refractivity contribution in [2.45, 2.75) is 58.2 Å². The van der Waals surface area contributed by atoms with Gasteiger partial charge in [-0.3, -0.25) is 0 Å². The first-order chi connectivity index (χ1) is 7.82. The Morgan fingerprint density at radius 2 is 1.88 bits per heavy atom. The maximum atomic E-state index is 12.2. The van der Waals surface area contributed by atoms with E-state index in [-0.39, 0.29) is 0 Å². The predicted octanol–water partition coefficient (Wildman–Crippen LogP) is 4.01. The lowest BCUT2D eigenvalue weighted by Gasteiger charge is -2.17. The number of unbranched alkanes of at least 4 members (excludes halogenated alkanes) is 2. The lowest BCUT2D eigenvalue weighted by molar-refractivity contribution is -0.155. The molecule has 5 heteroatoms. The van der Waals surface area contributed by atoms with Gasteiger partial charge in [-0.2, -0.15) is 13.2 Å². The third kappa shape index (κ3) is 6.34. The molecule has 0 amide bonds. The average molecular weight is 252 g/mol. The SMILES string of the molecule is C=C(C(=O)OC(CC)CCCCC)C(F)(F)F. The van der Waals surface area contributed by atoms with Crippen LogP contribution < -0.4 is 0 Å². The standard InChI is InChI=1S/C12H19F3O2/c1-4-6-7-8-10(5-2)17-11(16)9(3)12(13,14)15/h10H,3-8H2,1-2H3. The van der Waals surface area contributed by atoms with Gasteiger partial charge in [-0.05, 0) is 19.3 Å². The van der Waals surface area contributed by atoms with Crippen molar-refractivity contribution < 1.29 is 22.7 Å². The summed E-state index contributed by atoms with van der Waals surface area (Å²) in [5, 5.41) is 0. The molecule has 0 aromatic rings. The first-order valence-electron chi connectivity index (χ1n) is 5.80. The molecule has 0 fully saturated rings. The van der Waals surface area contributed by atoms with E-state index in [2.05, 4.69) is 6.58 Å². The molecular weight excluding hydrogens is 233 g/mol. The Balaban J connectivity index is 4.19. The molecule has 100 valence electrons. The van der Waals surface area contributed by atoms with E-state index in [0.717, 1.165) is 19.3 Å². The first kappa shape index (κ1) is 16.0. The Bertz CT molecular complexity index is 259. The molecule has 0 aliphatic heterocycles. The third-order valence-corrected chi connectivity index (χ3v) is 2.45. The smallest absolute Gasteiger partial charge is 0.422 e. The fourth-order valence-electron chi connectivity index (χ4n) is 1.31. The molecular formula is C12H19F3O2. The summed E-state index contributed by atoms with van der Waals surface area (Å²) in [6.07, 6.45) is -1.21. The van der Waals surface area contributed by atoms with Gasteiger partial charge in [0.25, 0.3) is 0 Å². The Morgan fingerprint density at radius 1 is 1.29 bits per heavy atom. The number of hydrogen-bond donors (Lipinski definition) is 0. The van der Waals surface area contributed by atoms with Gasteiger partial charge in [-0.25, -0.2) is 4.79 Å². The van der Waals surface area contributed by atoms with Crippen LogP contribution in [0.2, 0.25) is 0 Å². The zero-order chi connectivity index (χ0) is 13.5. The van der Waals surface area contributed by atoms with E-state index in [4.69, 9.17) is 4.74 Å². The second-order valence-electron chi connectivity index (χ2n) is 3.91. The van der Waals surface area contributed by atoms with E-state index in [0.29, 0.717) is 12.8 Å². The molecule has 0 rings (SSSR count). The number of hydrogen-bond acceptors (Lipinski definition) is 2. The lowest BCUT2D eigenvalue weighted by atomic mass is 10.1. The van der Waals surface area contributed by atoms with Crippen molar-refractivity contribution in [2.24, 2.45) is 0 Å². The first-order valence-corrected chi connectivity index (χ1v) is 5.80. The molecule has 0 aromatic carbocycles. The van der Waals surface area contributed by atoms with Crippen LogP contribution in [0.4, 0.5) is 13.2 Å². The van der Waals surface area contributed by atoms with E-state index in [1.807, 2.05) is 6.92 Å². The van der Waals surface area contributed by atoms with E-state index < -0.39 is 23.8 Å². The van der Waals surface area contributed by atoms with Gasteiger partial charge in [0.2, 0.25) is 0 Å². The van der Waals surface area contributed by atoms with Crippen LogP contribution in [-0.2, 0) is 9.53 Å². The zero-order valence-corrected chi connectivity index (χ0v) is 10.3. The quantitative estimate of drug-likeness (QED) is 0.389. The molecule has 0 spiro atoms. The number of alkyl halides is 3. The second kappa shape index (κ2) is 7.35. The van der Waals surface area contributed by atoms with Crippen molar-refractivity contribution in [3.63, 3.8) is 0 Å². The third-order valence-electron chi connectivity index (χ3n) is 2.45. The van der Waals surface area contributed by atoms with Gasteiger partial charge in [0, 0.05) is 0 Å². The molecule has 0 saturated carbocycles. The Kier molecular flexibility index (Phi) is 6.92. The minimum Gasteiger partial charge on any atom is -0.459 e. The van der Waals surface area contributed by atoms with Crippen molar-refractivity contribution in [3.05, 3.63) is 12.2 Å². The molecule has 1 atom stereocenters. The summed E-state index contributed by atoms with van der Waals surface area (Å²) in [4.78, 5) is 11.1. The van der Waals surface area contributed by atoms with Gasteiger partial charge < -0.3 is 4.74 Å². The van der Waals surface area contributed by atoms with Crippen LogP contribution in [0, 0.1) is 0 Å². The molecule has 1 unspecified atom stereocenters. The number of ether oxygens (including phenoxy) is 1. The summed E-state index contributed by atoms with van der Waals surface area (Å²) in [5.74, 6) is -1.36. The Morgan fingerprint density at radius 3 is 2.29 bits per heavy atom. The fourth-order valence-corrected chi connectivity index (χ4v) is 1.31. The number of rotatable bonds is 7. The van der Waals surface area contributed by atoms with Gasteiger partial charge >= 0.3 is 12.1 Å². The monoisotopic (exact) mass is 252 g/mol. The van der Waals surface area contributed by atoms with Crippen LogP contribution in [0.15, 0.2) is 12.2 Å². The van der Waals surface area contributed by atoms with Gasteiger partial charge in [0.05, 0.1) is 0 Å². The van der Waals surface area contributed by atoms with E-state index >= 15 is 0 Å². The normalized spacial score (nSPS) is 13.2. The van der Waals surface area contributed by atoms with Crippen LogP contribution in [0.1, 0.15) is 46.0 Å². The van der Waals surface area contributed by atoms with Crippen LogP contribution >= 0.6 is 0 Å². The van der Waals surface area contributed by atoms with Crippen molar-refractivity contribution in [1.82, 2.24) is 0 Å². The van der Waals surface area contributed by atoms with Gasteiger partial charge in [-0.1, -0.05) is 33.3 Å². The fraction of sp³-hybridized carbons (Fsp3) is 0.750. The molecule has 2 nitrogen and oxygen atoms in total. The molecule has 0 saturated heterocycles. The average Bonchev–Trinajstić information content (AvgIpc) is 2.25. The van der Waals surface area contributed by atoms with Crippen molar-refractivity contribution in [1.29, 1.82) is 0 Å². The molecule has 17 heavy (non-hydrogen) atoms. The zero-order valence-electron chi connectivity index (χ0n) is 10.3. The minimum absolute atomic E-state index is 0.451. The molecule has 0 heterocycles. The van der Waals surface area contributed by atoms with Crippen LogP contribution in [0.25, 0.3) is 0 Å². The van der Waals surface area contributed by atoms with E-state index in [1.165, 1.54) is 0 Å². The highest BCUT2D eigenvalue weighted by molar-refractivity contribution is 5.89. The summed E-state index contributed by atoms with van der Waals surface area (Å²) in [7, 11) is 0. The van der Waals surface area contributed by atoms with Crippen molar-refractivity contribution in [2.75, 3.05) is 0 Å². The number of esters is 1. The summed E-state index contributed by atoms with van der Waals surface area (Å²) in [5.41, 5.74) is -1.44. The van der Waals surface area contributed by atoms with E-state index in [1.54, 1.807) is 6.92 Å². The van der Waals surface area contributed by atoms with Crippen molar-refractivity contribution in [3.8, 4) is 0 Å². The maximum absolute atomic E-state index is 12.2. The Labute approximate surface area is 99.8 Å². The molecule has 0 N–H and O–H groups in total. The predicted molar refractivity (Wildman–Crippen MR) is 59.5 cm³/mol. The highest BCUT2D eigenvalue weighted by atomic mass is 19.4. The number of carbonyl (C=O) groups is 1. The second-order valence-corrected chi connectivity index (χ2v) is 3.91. The van der Waals surface area contributed by atoms with E-state index in [9.17, 15) is 18.0 Å². The maximum Gasteiger partial charge on any atom is 0.422 e. The minimum atomic E-state index is -4.71. The molecule has 0 aliphatic rings. The molecule has 0 aliphatic carbocycles. The van der Waals surface area contributed by atoms with Crippen molar-refractivity contribution >= 4 is 5.97 Å². The summed E-state index contributed by atoms with van der Waals surface area (Å²) in [6.45, 7) is 6.51. The van der Waals surface area contributed by atoms with Gasteiger partial charge in [0.1, 0.15) is 11.7 Å². The molecule has 0 radical (unpaired) electrons. The largest absolute Gasteiger partial charge is 0.459 e. The van der Waals surface area contributed by atoms with Crippen LogP contribution in [-0.4, -0.2) is 18.2 Å². The highest BCUT2D eigenvalue weighted by Crippen LogP contribution is 2.25. The van der Waals surface area contributed by atoms with Gasteiger partial charge in [-0.15, -0.1) is 0 Å². The Hall–Kier alpha value is -1.00. The summed E-state index contributed by atoms with van der Waals surface area (Å²) >= 11 is 0. The highest BCUT2D eigenvalue weighted by Gasteiger charge is 2.38. The van der Waals surface area contributed by atoms with Crippen LogP contribution in [0.3, 0.4) is 0 Å². The van der Waals surface area contributed by atoms with Crippen LogP contribution in [0.5, 0.6) is 0 Å². The summed E-state index contributed by atoms with van der Waals surface area (Å²) in [6, 6.07) is 0. The lowest BCUT2D eigenvalue weighted by Crippen LogP contribution is -2.25. The number of halogens is 3. The van der Waals surface area contributed by atoms with Gasteiger partial charge in [0.15, 0.2) is 0 Å². The topological polar surface area (TPSA) is 26.3 Å². The molecule has 0 bridgehead atoms. The molecule has 0 aromatic heterocycles. The summed E-state index contributed by atoms with van der Waals surface area (Å²) < 4.78 is 41.3.